The largest absolute Gasteiger partial charge is 0.465 e. The fourth-order valence-electron chi connectivity index (χ4n) is 1.59. The second kappa shape index (κ2) is 10.1. The topological polar surface area (TPSA) is 52.6 Å². The Bertz CT molecular complexity index is 207. The van der Waals surface area contributed by atoms with Crippen LogP contribution in [0.15, 0.2) is 0 Å². The molecule has 0 bridgehead atoms. The van der Waals surface area contributed by atoms with Gasteiger partial charge in [-0.2, -0.15) is 0 Å². The van der Waals surface area contributed by atoms with Crippen molar-refractivity contribution in [1.82, 2.24) is 0 Å². The van der Waals surface area contributed by atoms with E-state index in [1.165, 1.54) is 0 Å². The highest BCUT2D eigenvalue weighted by atomic mass is 16.6. The highest BCUT2D eigenvalue weighted by molar-refractivity contribution is 5.94. The van der Waals surface area contributed by atoms with E-state index in [-0.39, 0.29) is 0 Å². The lowest BCUT2D eigenvalue weighted by Gasteiger charge is -2.13. The normalized spacial score (nSPS) is 10.4. The molecule has 0 saturated heterocycles. The van der Waals surface area contributed by atoms with Crippen LogP contribution in [0.25, 0.3) is 0 Å². The molecular weight excluding hydrogens is 220 g/mol. The van der Waals surface area contributed by atoms with Gasteiger partial charge in [0.2, 0.25) is 0 Å². The van der Waals surface area contributed by atoms with Gasteiger partial charge in [-0.1, -0.05) is 32.6 Å². The summed E-state index contributed by atoms with van der Waals surface area (Å²) in [5.41, 5.74) is 0. The molecule has 0 fully saturated rings. The Kier molecular flexibility index (Phi) is 9.49. The third kappa shape index (κ3) is 6.97. The summed E-state index contributed by atoms with van der Waals surface area (Å²) in [4.78, 5) is 23.2. The Morgan fingerprint density at radius 1 is 0.882 bits per heavy atom. The third-order valence-electron chi connectivity index (χ3n) is 2.49. The Morgan fingerprint density at radius 3 is 1.82 bits per heavy atom. The molecule has 0 radical (unpaired) electrons. The van der Waals surface area contributed by atoms with E-state index in [1.807, 2.05) is 0 Å². The maximum absolute atomic E-state index is 11.6. The number of ether oxygens (including phenoxy) is 2. The Morgan fingerprint density at radius 2 is 1.41 bits per heavy atom. The van der Waals surface area contributed by atoms with Gasteiger partial charge in [0.05, 0.1) is 13.2 Å². The maximum atomic E-state index is 11.6. The maximum Gasteiger partial charge on any atom is 0.320 e. The second-order valence-corrected chi connectivity index (χ2v) is 3.91. The Balaban J connectivity index is 4.19. The van der Waals surface area contributed by atoms with Crippen LogP contribution in [0.4, 0.5) is 0 Å². The van der Waals surface area contributed by atoms with Gasteiger partial charge in [0, 0.05) is 0 Å². The van der Waals surface area contributed by atoms with Gasteiger partial charge >= 0.3 is 11.9 Å². The highest BCUT2D eigenvalue weighted by Gasteiger charge is 2.28. The first-order valence-electron chi connectivity index (χ1n) is 6.50. The molecule has 0 rings (SSSR count). The average Bonchev–Trinajstić information content (AvgIpc) is 2.29. The summed E-state index contributed by atoms with van der Waals surface area (Å²) in [6.07, 6.45) is 4.67. The van der Waals surface area contributed by atoms with E-state index in [0.29, 0.717) is 19.6 Å². The second-order valence-electron chi connectivity index (χ2n) is 3.91. The fraction of sp³-hybridized carbons (Fsp3) is 0.846. The van der Waals surface area contributed by atoms with Crippen molar-refractivity contribution in [2.24, 2.45) is 5.92 Å². The molecule has 4 heteroatoms. The van der Waals surface area contributed by atoms with E-state index in [4.69, 9.17) is 9.47 Å². The molecule has 100 valence electrons. The minimum Gasteiger partial charge on any atom is -0.465 e. The van der Waals surface area contributed by atoms with Gasteiger partial charge in [0.15, 0.2) is 5.92 Å². The summed E-state index contributed by atoms with van der Waals surface area (Å²) in [6, 6.07) is 0. The van der Waals surface area contributed by atoms with E-state index < -0.39 is 17.9 Å². The third-order valence-corrected chi connectivity index (χ3v) is 2.49. The van der Waals surface area contributed by atoms with Crippen molar-refractivity contribution in [3.05, 3.63) is 0 Å². The fourth-order valence-corrected chi connectivity index (χ4v) is 1.59. The molecule has 0 saturated carbocycles. The first kappa shape index (κ1) is 15.9. The molecule has 0 aliphatic carbocycles. The van der Waals surface area contributed by atoms with Crippen LogP contribution >= 0.6 is 0 Å². The van der Waals surface area contributed by atoms with E-state index in [0.717, 1.165) is 25.7 Å². The van der Waals surface area contributed by atoms with E-state index >= 15 is 0 Å². The zero-order valence-corrected chi connectivity index (χ0v) is 11.2. The lowest BCUT2D eigenvalue weighted by atomic mass is 10.0. The summed E-state index contributed by atoms with van der Waals surface area (Å²) in [5.74, 6) is -1.66. The summed E-state index contributed by atoms with van der Waals surface area (Å²) in [6.45, 7) is 6.18. The Labute approximate surface area is 104 Å². The van der Waals surface area contributed by atoms with Gasteiger partial charge < -0.3 is 9.47 Å². The van der Waals surface area contributed by atoms with Gasteiger partial charge in [-0.15, -0.1) is 0 Å². The number of hydrogen-bond donors (Lipinski definition) is 0. The molecule has 0 aromatic heterocycles. The molecule has 0 heterocycles. The lowest BCUT2D eigenvalue weighted by molar-refractivity contribution is -0.161. The van der Waals surface area contributed by atoms with Crippen LogP contribution in [-0.2, 0) is 19.1 Å². The van der Waals surface area contributed by atoms with Crippen molar-refractivity contribution in [3.63, 3.8) is 0 Å². The van der Waals surface area contributed by atoms with Crippen LogP contribution in [0.2, 0.25) is 0 Å². The van der Waals surface area contributed by atoms with Crippen molar-refractivity contribution in [1.29, 1.82) is 0 Å². The monoisotopic (exact) mass is 244 g/mol. The van der Waals surface area contributed by atoms with Crippen molar-refractivity contribution in [3.8, 4) is 0 Å². The van der Waals surface area contributed by atoms with Crippen LogP contribution in [-0.4, -0.2) is 25.2 Å². The van der Waals surface area contributed by atoms with Gasteiger partial charge in [-0.25, -0.2) is 0 Å². The number of hydrogen-bond acceptors (Lipinski definition) is 4. The van der Waals surface area contributed by atoms with Crippen molar-refractivity contribution >= 4 is 11.9 Å². The Hall–Kier alpha value is -1.06. The molecule has 0 N–H and O–H groups in total. The van der Waals surface area contributed by atoms with Gasteiger partial charge in [0.1, 0.15) is 0 Å². The smallest absolute Gasteiger partial charge is 0.320 e. The van der Waals surface area contributed by atoms with Crippen molar-refractivity contribution < 1.29 is 19.1 Å². The summed E-state index contributed by atoms with van der Waals surface area (Å²) >= 11 is 0. The first-order valence-corrected chi connectivity index (χ1v) is 6.50. The van der Waals surface area contributed by atoms with E-state index in [9.17, 15) is 9.59 Å². The molecular formula is C13H24O4. The number of carbonyl (C=O) groups is 2. The number of esters is 2. The molecule has 0 aliphatic heterocycles. The number of carbonyl (C=O) groups excluding carboxylic acids is 2. The minimum atomic E-state index is -0.744. The van der Waals surface area contributed by atoms with Crippen LogP contribution in [0, 0.1) is 5.92 Å². The van der Waals surface area contributed by atoms with Gasteiger partial charge in [-0.3, -0.25) is 9.59 Å². The van der Waals surface area contributed by atoms with Crippen molar-refractivity contribution in [2.75, 3.05) is 13.2 Å². The minimum absolute atomic E-state index is 0.295. The standard InChI is InChI=1S/C13H24O4/c1-4-7-8-9-10-11(12(14)16-5-2)13(15)17-6-3/h11H,4-10H2,1-3H3. The van der Waals surface area contributed by atoms with Gasteiger partial charge in [-0.05, 0) is 20.3 Å². The zero-order valence-electron chi connectivity index (χ0n) is 11.2. The molecule has 17 heavy (non-hydrogen) atoms. The van der Waals surface area contributed by atoms with E-state index in [1.54, 1.807) is 13.8 Å². The molecule has 0 atom stereocenters. The van der Waals surface area contributed by atoms with Gasteiger partial charge in [0.25, 0.3) is 0 Å². The predicted molar refractivity (Wildman–Crippen MR) is 65.5 cm³/mol. The van der Waals surface area contributed by atoms with Crippen LogP contribution in [0.3, 0.4) is 0 Å². The quantitative estimate of drug-likeness (QED) is 0.355. The summed E-state index contributed by atoms with van der Waals surface area (Å²) in [5, 5.41) is 0. The van der Waals surface area contributed by atoms with Crippen LogP contribution < -0.4 is 0 Å². The molecule has 0 aromatic rings. The molecule has 0 aliphatic rings. The van der Waals surface area contributed by atoms with Crippen LogP contribution in [0.1, 0.15) is 52.9 Å². The SMILES string of the molecule is CCCCCCC(C(=O)OCC)C(=O)OCC. The molecule has 4 nitrogen and oxygen atoms in total. The summed E-state index contributed by atoms with van der Waals surface area (Å²) in [7, 11) is 0. The average molecular weight is 244 g/mol. The highest BCUT2D eigenvalue weighted by Crippen LogP contribution is 2.14. The van der Waals surface area contributed by atoms with Crippen LogP contribution in [0.5, 0.6) is 0 Å². The first-order chi connectivity index (χ1) is 8.17. The summed E-state index contributed by atoms with van der Waals surface area (Å²) < 4.78 is 9.78. The number of unbranched alkanes of at least 4 members (excludes halogenated alkanes) is 3. The lowest BCUT2D eigenvalue weighted by Crippen LogP contribution is -2.28. The van der Waals surface area contributed by atoms with E-state index in [2.05, 4.69) is 6.92 Å². The predicted octanol–water partition coefficient (Wildman–Crippen LogP) is 2.70. The molecule has 0 unspecified atom stereocenters. The zero-order chi connectivity index (χ0) is 13.1. The molecule has 0 amide bonds. The number of rotatable bonds is 9. The van der Waals surface area contributed by atoms with Crippen molar-refractivity contribution in [2.45, 2.75) is 52.9 Å². The molecule has 0 aromatic carbocycles. The molecule has 0 spiro atoms.